The van der Waals surface area contributed by atoms with Crippen LogP contribution in [-0.2, 0) is 0 Å². The smallest absolute Gasteiger partial charge is 0.150 e. The predicted molar refractivity (Wildman–Crippen MR) is 47.6 cm³/mol. The largest absolute Gasteiger partial charge is 0.238 e. The molecule has 0 spiro atoms. The monoisotopic (exact) mass is 182 g/mol. The Balaban J connectivity index is 2.25. The maximum absolute atomic E-state index is 8.16. The minimum absolute atomic E-state index is 0.821. The highest BCUT2D eigenvalue weighted by molar-refractivity contribution is 8.01. The number of aromatic nitrogens is 1. The highest BCUT2D eigenvalue weighted by Crippen LogP contribution is 2.19. The van der Waals surface area contributed by atoms with E-state index in [2.05, 4.69) is 4.98 Å². The number of thioether (sulfide) groups is 1. The molecule has 1 aromatic heterocycles. The van der Waals surface area contributed by atoms with Gasteiger partial charge in [0.2, 0.25) is 0 Å². The molecule has 0 amide bonds. The molecule has 0 aliphatic rings. The van der Waals surface area contributed by atoms with Crippen LogP contribution in [0.2, 0.25) is 0 Å². The molecule has 1 heterocycles. The lowest BCUT2D eigenvalue weighted by atomic mass is 10.6. The Bertz CT molecular complexity index is 258. The Labute approximate surface area is 73.6 Å². The predicted octanol–water partition coefficient (Wildman–Crippen LogP) is 2.31. The number of thiazole rings is 1. The summed E-state index contributed by atoms with van der Waals surface area (Å²) in [5.74, 6) is 0.821. The van der Waals surface area contributed by atoms with Crippen LogP contribution in [0.3, 0.4) is 0 Å². The van der Waals surface area contributed by atoms with Gasteiger partial charge in [-0.3, -0.25) is 0 Å². The van der Waals surface area contributed by atoms with Crippen molar-refractivity contribution in [3.63, 3.8) is 0 Å². The van der Waals surface area contributed by atoms with Gasteiger partial charge in [-0.25, -0.2) is 4.98 Å². The Morgan fingerprint density at radius 2 is 2.73 bits per heavy atom. The van der Waals surface area contributed by atoms with E-state index in [-0.39, 0.29) is 0 Å². The number of nitrogens with zero attached hydrogens (tertiary/aromatic N) is 2. The summed E-state index contributed by atoms with van der Waals surface area (Å²) >= 11 is 3.25. The van der Waals surface area contributed by atoms with Gasteiger partial charge in [0.05, 0.1) is 6.07 Å². The summed E-state index contributed by atoms with van der Waals surface area (Å²) in [6.45, 7) is 0. The van der Waals surface area contributed by atoms with Crippen LogP contribution in [0.4, 0.5) is 0 Å². The van der Waals surface area contributed by atoms with Crippen molar-refractivity contribution >= 4 is 23.1 Å². The Morgan fingerprint density at radius 1 is 1.82 bits per heavy atom. The first kappa shape index (κ1) is 8.31. The Morgan fingerprint density at radius 3 is 3.36 bits per heavy atom. The topological polar surface area (TPSA) is 36.7 Å². The van der Waals surface area contributed by atoms with Crippen LogP contribution >= 0.6 is 23.1 Å². The third-order valence-electron chi connectivity index (χ3n) is 0.905. The van der Waals surface area contributed by atoms with Crippen LogP contribution in [0.1, 0.15) is 0 Å². The van der Waals surface area contributed by atoms with E-state index in [0.717, 1.165) is 10.1 Å². The average molecular weight is 182 g/mol. The molecule has 56 valence electrons. The van der Waals surface area contributed by atoms with Crippen molar-refractivity contribution in [3.05, 3.63) is 23.7 Å². The fourth-order valence-corrected chi connectivity index (χ4v) is 1.98. The highest BCUT2D eigenvalue weighted by Gasteiger charge is 1.91. The number of allylic oxidation sites excluding steroid dienone is 1. The van der Waals surface area contributed by atoms with E-state index in [4.69, 9.17) is 5.26 Å². The third-order valence-corrected chi connectivity index (χ3v) is 2.82. The van der Waals surface area contributed by atoms with E-state index in [0.29, 0.717) is 0 Å². The first-order chi connectivity index (χ1) is 5.43. The van der Waals surface area contributed by atoms with Crippen LogP contribution in [0.25, 0.3) is 0 Å². The van der Waals surface area contributed by atoms with Crippen molar-refractivity contribution < 1.29 is 0 Å². The normalized spacial score (nSPS) is 10.1. The fourth-order valence-electron chi connectivity index (χ4n) is 0.502. The second-order valence-electron chi connectivity index (χ2n) is 1.64. The summed E-state index contributed by atoms with van der Waals surface area (Å²) in [6.07, 6.45) is 5.09. The lowest BCUT2D eigenvalue weighted by Crippen LogP contribution is -1.69. The van der Waals surface area contributed by atoms with E-state index in [9.17, 15) is 0 Å². The zero-order valence-electron chi connectivity index (χ0n) is 5.73. The molecular weight excluding hydrogens is 176 g/mol. The van der Waals surface area contributed by atoms with E-state index >= 15 is 0 Å². The summed E-state index contributed by atoms with van der Waals surface area (Å²) in [6, 6.07) is 1.94. The number of nitriles is 1. The SMILES string of the molecule is N#C/C=C/CSc1nccs1. The lowest BCUT2D eigenvalue weighted by molar-refractivity contribution is 1.25. The van der Waals surface area contributed by atoms with Crippen molar-refractivity contribution in [1.82, 2.24) is 4.98 Å². The zero-order chi connectivity index (χ0) is 7.94. The van der Waals surface area contributed by atoms with Gasteiger partial charge in [0.15, 0.2) is 0 Å². The molecule has 4 heteroatoms. The average Bonchev–Trinajstić information content (AvgIpc) is 2.50. The van der Waals surface area contributed by atoms with Crippen molar-refractivity contribution in [3.8, 4) is 6.07 Å². The summed E-state index contributed by atoms with van der Waals surface area (Å²) in [7, 11) is 0. The first-order valence-corrected chi connectivity index (χ1v) is 4.87. The van der Waals surface area contributed by atoms with Gasteiger partial charge in [-0.1, -0.05) is 17.8 Å². The number of hydrogen-bond donors (Lipinski definition) is 0. The maximum atomic E-state index is 8.16. The van der Waals surface area contributed by atoms with E-state index in [1.165, 1.54) is 6.08 Å². The van der Waals surface area contributed by atoms with E-state index < -0.39 is 0 Å². The molecule has 1 aromatic rings. The van der Waals surface area contributed by atoms with E-state index in [1.807, 2.05) is 17.5 Å². The van der Waals surface area contributed by atoms with Gasteiger partial charge in [-0.05, 0) is 0 Å². The maximum Gasteiger partial charge on any atom is 0.150 e. The molecule has 0 atom stereocenters. The first-order valence-electron chi connectivity index (χ1n) is 3.00. The van der Waals surface area contributed by atoms with Gasteiger partial charge >= 0.3 is 0 Å². The van der Waals surface area contributed by atoms with Crippen LogP contribution in [-0.4, -0.2) is 10.7 Å². The Hall–Kier alpha value is -0.790. The number of rotatable bonds is 3. The second kappa shape index (κ2) is 4.94. The van der Waals surface area contributed by atoms with Gasteiger partial charge in [0.1, 0.15) is 4.34 Å². The molecule has 0 unspecified atom stereocenters. The van der Waals surface area contributed by atoms with Crippen LogP contribution in [0.5, 0.6) is 0 Å². The molecule has 0 N–H and O–H groups in total. The number of hydrogen-bond acceptors (Lipinski definition) is 4. The van der Waals surface area contributed by atoms with Crippen LogP contribution < -0.4 is 0 Å². The fraction of sp³-hybridized carbons (Fsp3) is 0.143. The summed E-state index contributed by atoms with van der Waals surface area (Å²) in [5, 5.41) is 10.1. The Kier molecular flexibility index (Phi) is 3.73. The molecule has 0 radical (unpaired) electrons. The van der Waals surface area contributed by atoms with E-state index in [1.54, 1.807) is 29.3 Å². The van der Waals surface area contributed by atoms with Crippen molar-refractivity contribution in [2.45, 2.75) is 4.34 Å². The molecule has 0 aliphatic carbocycles. The van der Waals surface area contributed by atoms with Gasteiger partial charge < -0.3 is 0 Å². The molecule has 0 saturated heterocycles. The molecule has 11 heavy (non-hydrogen) atoms. The standard InChI is InChI=1S/C7H6N2S2/c8-3-1-2-5-10-7-9-4-6-11-7/h1-2,4,6H,5H2/b2-1+. The summed E-state index contributed by atoms with van der Waals surface area (Å²) < 4.78 is 1.05. The highest BCUT2D eigenvalue weighted by atomic mass is 32.2. The second-order valence-corrected chi connectivity index (χ2v) is 3.80. The molecular formula is C7H6N2S2. The van der Waals surface area contributed by atoms with Crippen molar-refractivity contribution in [2.75, 3.05) is 5.75 Å². The third kappa shape index (κ3) is 3.21. The minimum atomic E-state index is 0.821. The summed E-state index contributed by atoms with van der Waals surface area (Å²) in [4.78, 5) is 4.08. The quantitative estimate of drug-likeness (QED) is 0.531. The molecule has 0 fully saturated rings. The van der Waals surface area contributed by atoms with Gasteiger partial charge in [0.25, 0.3) is 0 Å². The molecule has 0 aliphatic heterocycles. The van der Waals surface area contributed by atoms with Gasteiger partial charge in [-0.2, -0.15) is 5.26 Å². The molecule has 0 bridgehead atoms. The van der Waals surface area contributed by atoms with Crippen molar-refractivity contribution in [1.29, 1.82) is 5.26 Å². The lowest BCUT2D eigenvalue weighted by Gasteiger charge is -1.86. The van der Waals surface area contributed by atoms with Crippen LogP contribution in [0, 0.1) is 11.3 Å². The minimum Gasteiger partial charge on any atom is -0.238 e. The molecule has 2 nitrogen and oxygen atoms in total. The molecule has 0 aromatic carbocycles. The zero-order valence-corrected chi connectivity index (χ0v) is 7.36. The van der Waals surface area contributed by atoms with Gasteiger partial charge in [-0.15, -0.1) is 11.3 Å². The molecule has 0 saturated carbocycles. The summed E-state index contributed by atoms with van der Waals surface area (Å²) in [5.41, 5.74) is 0. The van der Waals surface area contributed by atoms with Gasteiger partial charge in [0, 0.05) is 23.4 Å². The van der Waals surface area contributed by atoms with Crippen LogP contribution in [0.15, 0.2) is 28.1 Å². The molecule has 1 rings (SSSR count). The van der Waals surface area contributed by atoms with Crippen molar-refractivity contribution in [2.24, 2.45) is 0 Å².